The molecule has 2 unspecified atom stereocenters. The largest absolute Gasteiger partial charge is 0.481 e. The van der Waals surface area contributed by atoms with Crippen LogP contribution in [-0.4, -0.2) is 40.6 Å². The van der Waals surface area contributed by atoms with Gasteiger partial charge in [0, 0.05) is 16.6 Å². The number of nitrogens with one attached hydrogen (secondary N) is 2. The summed E-state index contributed by atoms with van der Waals surface area (Å²) in [6.07, 6.45) is -4.69. The SMILES string of the molecule is CC(CC(=O)O)C(=O)OCC1C[C@@H](c2ccc3cc(-c4ccccc4C(F)(F)F)[nH]c(=O)c3c2)C(=O)N1. The topological polar surface area (TPSA) is 126 Å². The first-order valence-corrected chi connectivity index (χ1v) is 11.5. The maximum atomic E-state index is 13.4. The van der Waals surface area contributed by atoms with E-state index in [1.807, 2.05) is 0 Å². The first-order chi connectivity index (χ1) is 17.4. The Kier molecular flexibility index (Phi) is 7.06. The Bertz CT molecular complexity index is 1430. The van der Waals surface area contributed by atoms with Crippen LogP contribution in [0.2, 0.25) is 0 Å². The highest BCUT2D eigenvalue weighted by Crippen LogP contribution is 2.37. The number of alkyl halides is 3. The number of carbonyl (C=O) groups is 3. The molecule has 11 heteroatoms. The molecule has 0 spiro atoms. The lowest BCUT2D eigenvalue weighted by molar-refractivity contribution is -0.153. The predicted molar refractivity (Wildman–Crippen MR) is 127 cm³/mol. The lowest BCUT2D eigenvalue weighted by atomic mass is 9.93. The zero-order chi connectivity index (χ0) is 26.9. The Labute approximate surface area is 208 Å². The van der Waals surface area contributed by atoms with Crippen molar-refractivity contribution < 1.29 is 37.4 Å². The van der Waals surface area contributed by atoms with Crippen molar-refractivity contribution >= 4 is 28.6 Å². The summed E-state index contributed by atoms with van der Waals surface area (Å²) in [7, 11) is 0. The smallest absolute Gasteiger partial charge is 0.417 e. The summed E-state index contributed by atoms with van der Waals surface area (Å²) in [5.74, 6) is -3.59. The monoisotopic (exact) mass is 516 g/mol. The van der Waals surface area contributed by atoms with Crippen LogP contribution in [0.3, 0.4) is 0 Å². The van der Waals surface area contributed by atoms with Gasteiger partial charge in [-0.3, -0.25) is 19.2 Å². The average Bonchev–Trinajstić information content (AvgIpc) is 3.21. The van der Waals surface area contributed by atoms with Gasteiger partial charge in [-0.1, -0.05) is 37.3 Å². The van der Waals surface area contributed by atoms with Crippen LogP contribution in [0.25, 0.3) is 22.0 Å². The van der Waals surface area contributed by atoms with Crippen LogP contribution in [0, 0.1) is 5.92 Å². The molecule has 0 bridgehead atoms. The molecule has 3 atom stereocenters. The lowest BCUT2D eigenvalue weighted by Gasteiger charge is -2.14. The molecule has 0 aliphatic carbocycles. The molecule has 0 saturated carbocycles. The molecule has 3 N–H and O–H groups in total. The third-order valence-electron chi connectivity index (χ3n) is 6.29. The number of rotatable bonds is 7. The molecular formula is C26H23F3N2O6. The quantitative estimate of drug-likeness (QED) is 0.410. The van der Waals surface area contributed by atoms with Gasteiger partial charge in [0.1, 0.15) is 6.61 Å². The van der Waals surface area contributed by atoms with Gasteiger partial charge in [0.25, 0.3) is 5.56 Å². The van der Waals surface area contributed by atoms with E-state index in [0.717, 1.165) is 6.07 Å². The van der Waals surface area contributed by atoms with Crippen LogP contribution in [-0.2, 0) is 25.3 Å². The number of fused-ring (bicyclic) bond motifs is 1. The van der Waals surface area contributed by atoms with Gasteiger partial charge < -0.3 is 20.1 Å². The fourth-order valence-corrected chi connectivity index (χ4v) is 4.42. The van der Waals surface area contributed by atoms with E-state index in [1.54, 1.807) is 12.1 Å². The second-order valence-corrected chi connectivity index (χ2v) is 9.02. The van der Waals surface area contributed by atoms with Gasteiger partial charge in [-0.15, -0.1) is 0 Å². The molecule has 194 valence electrons. The van der Waals surface area contributed by atoms with Crippen molar-refractivity contribution in [1.29, 1.82) is 0 Å². The van der Waals surface area contributed by atoms with E-state index >= 15 is 0 Å². The van der Waals surface area contributed by atoms with Gasteiger partial charge in [-0.05, 0) is 35.6 Å². The highest BCUT2D eigenvalue weighted by molar-refractivity contribution is 5.90. The number of hydrogen-bond donors (Lipinski definition) is 3. The molecule has 1 saturated heterocycles. The number of aromatic amines is 1. The lowest BCUT2D eigenvalue weighted by Crippen LogP contribution is -2.32. The molecule has 2 aromatic carbocycles. The van der Waals surface area contributed by atoms with Gasteiger partial charge in [0.05, 0.1) is 29.9 Å². The van der Waals surface area contributed by atoms with E-state index in [4.69, 9.17) is 9.84 Å². The Balaban J connectivity index is 1.54. The zero-order valence-electron chi connectivity index (χ0n) is 19.6. The molecule has 1 aliphatic heterocycles. The number of pyridine rings is 1. The number of halogens is 3. The second kappa shape index (κ2) is 10.1. The summed E-state index contributed by atoms with van der Waals surface area (Å²) in [5, 5.41) is 12.1. The number of benzene rings is 2. The van der Waals surface area contributed by atoms with Gasteiger partial charge in [-0.2, -0.15) is 13.2 Å². The molecule has 8 nitrogen and oxygen atoms in total. The van der Waals surface area contributed by atoms with Gasteiger partial charge in [-0.25, -0.2) is 0 Å². The third kappa shape index (κ3) is 5.65. The van der Waals surface area contributed by atoms with E-state index in [1.165, 1.54) is 37.3 Å². The van der Waals surface area contributed by atoms with Crippen molar-refractivity contribution in [3.63, 3.8) is 0 Å². The van der Waals surface area contributed by atoms with Crippen LogP contribution >= 0.6 is 0 Å². The van der Waals surface area contributed by atoms with E-state index in [9.17, 15) is 32.3 Å². The first-order valence-electron chi connectivity index (χ1n) is 11.5. The standard InChI is InChI=1S/C26H23F3N2O6/c1-13(8-22(32)33)25(36)37-12-16-11-19(23(34)30-16)14-6-7-15-10-21(31-24(35)18(15)9-14)17-4-2-3-5-20(17)26(27,28)29/h2-7,9-10,13,16,19H,8,11-12H2,1H3,(H,30,34)(H,31,35)(H,32,33)/t13?,16?,19-/m0/s1. The zero-order valence-corrected chi connectivity index (χ0v) is 19.6. The molecule has 1 aliphatic rings. The highest BCUT2D eigenvalue weighted by atomic mass is 19.4. The third-order valence-corrected chi connectivity index (χ3v) is 6.29. The van der Waals surface area contributed by atoms with Crippen molar-refractivity contribution in [2.75, 3.05) is 6.61 Å². The highest BCUT2D eigenvalue weighted by Gasteiger charge is 2.35. The van der Waals surface area contributed by atoms with Crippen LogP contribution in [0.15, 0.2) is 53.3 Å². The number of ether oxygens (including phenoxy) is 1. The number of aromatic nitrogens is 1. The van der Waals surface area contributed by atoms with E-state index in [0.29, 0.717) is 10.9 Å². The number of esters is 1. The molecule has 37 heavy (non-hydrogen) atoms. The normalized spacial score (nSPS) is 18.4. The number of carboxylic acid groups (broad SMARTS) is 1. The minimum atomic E-state index is -4.60. The maximum Gasteiger partial charge on any atom is 0.417 e. The Hall–Kier alpha value is -4.15. The van der Waals surface area contributed by atoms with Crippen LogP contribution in [0.1, 0.15) is 36.8 Å². The van der Waals surface area contributed by atoms with E-state index in [2.05, 4.69) is 10.3 Å². The maximum absolute atomic E-state index is 13.4. The summed E-state index contributed by atoms with van der Waals surface area (Å²) in [4.78, 5) is 50.6. The Morgan fingerprint density at radius 2 is 1.86 bits per heavy atom. The summed E-state index contributed by atoms with van der Waals surface area (Å²) in [6.45, 7) is 1.31. The number of carboxylic acids is 1. The molecule has 2 heterocycles. The average molecular weight is 516 g/mol. The van der Waals surface area contributed by atoms with Crippen LogP contribution in [0.4, 0.5) is 13.2 Å². The van der Waals surface area contributed by atoms with Gasteiger partial charge in [0.2, 0.25) is 5.91 Å². The number of H-pyrrole nitrogens is 1. The first kappa shape index (κ1) is 25.9. The fraction of sp³-hybridized carbons (Fsp3) is 0.308. The van der Waals surface area contributed by atoms with Crippen molar-refractivity contribution in [2.45, 2.75) is 37.9 Å². The Morgan fingerprint density at radius 3 is 2.57 bits per heavy atom. The number of aliphatic carboxylic acids is 1. The fourth-order valence-electron chi connectivity index (χ4n) is 4.42. The summed E-state index contributed by atoms with van der Waals surface area (Å²) in [6, 6.07) is 10.7. The van der Waals surface area contributed by atoms with E-state index in [-0.39, 0.29) is 42.0 Å². The van der Waals surface area contributed by atoms with Crippen LogP contribution in [0.5, 0.6) is 0 Å². The van der Waals surface area contributed by atoms with Gasteiger partial charge in [0.15, 0.2) is 0 Å². The summed E-state index contributed by atoms with van der Waals surface area (Å²) >= 11 is 0. The van der Waals surface area contributed by atoms with Crippen molar-refractivity contribution in [3.05, 3.63) is 70.0 Å². The van der Waals surface area contributed by atoms with Crippen molar-refractivity contribution in [1.82, 2.24) is 10.3 Å². The van der Waals surface area contributed by atoms with E-state index < -0.39 is 47.1 Å². The minimum absolute atomic E-state index is 0.0239. The Morgan fingerprint density at radius 1 is 1.14 bits per heavy atom. The minimum Gasteiger partial charge on any atom is -0.481 e. The number of carbonyl (C=O) groups excluding carboxylic acids is 2. The van der Waals surface area contributed by atoms with Gasteiger partial charge >= 0.3 is 18.1 Å². The summed E-state index contributed by atoms with van der Waals surface area (Å²) in [5.41, 5.74) is -1.05. The van der Waals surface area contributed by atoms with Crippen molar-refractivity contribution in [2.24, 2.45) is 5.92 Å². The summed E-state index contributed by atoms with van der Waals surface area (Å²) < 4.78 is 45.5. The molecule has 3 aromatic rings. The molecule has 0 radical (unpaired) electrons. The number of hydrogen-bond acceptors (Lipinski definition) is 5. The molecule has 4 rings (SSSR count). The molecule has 1 fully saturated rings. The molecule has 1 aromatic heterocycles. The molecule has 1 amide bonds. The second-order valence-electron chi connectivity index (χ2n) is 9.02. The molecular weight excluding hydrogens is 493 g/mol. The van der Waals surface area contributed by atoms with Crippen molar-refractivity contribution in [3.8, 4) is 11.3 Å². The van der Waals surface area contributed by atoms with Crippen LogP contribution < -0.4 is 10.9 Å². The number of amides is 1. The predicted octanol–water partition coefficient (Wildman–Crippen LogP) is 3.84.